The smallest absolute Gasteiger partial charge is 0.227 e. The number of nitrogen functional groups attached to an aromatic ring is 1. The van der Waals surface area contributed by atoms with Crippen LogP contribution in [0.25, 0.3) is 0 Å². The predicted octanol–water partition coefficient (Wildman–Crippen LogP) is 4.59. The van der Waals surface area contributed by atoms with E-state index in [1.807, 2.05) is 20.8 Å². The van der Waals surface area contributed by atoms with Crippen molar-refractivity contribution in [2.45, 2.75) is 26.7 Å². The molecule has 1 aromatic carbocycles. The van der Waals surface area contributed by atoms with Gasteiger partial charge in [-0.05, 0) is 19.1 Å². The molecule has 0 fully saturated rings. The number of nitrogens with zero attached hydrogens (tertiary/aromatic N) is 2. The van der Waals surface area contributed by atoms with E-state index in [0.717, 1.165) is 0 Å². The summed E-state index contributed by atoms with van der Waals surface area (Å²) in [5, 5.41) is 0.897. The minimum atomic E-state index is 0.161. The van der Waals surface area contributed by atoms with Crippen LogP contribution in [-0.4, -0.2) is 9.97 Å². The summed E-state index contributed by atoms with van der Waals surface area (Å²) >= 11 is 11.8. The third-order valence-electron chi connectivity index (χ3n) is 2.78. The number of benzene rings is 1. The minimum Gasteiger partial charge on any atom is -0.438 e. The largest absolute Gasteiger partial charge is 0.438 e. The van der Waals surface area contributed by atoms with Crippen LogP contribution in [0.1, 0.15) is 31.2 Å². The van der Waals surface area contributed by atoms with Crippen LogP contribution in [0.3, 0.4) is 0 Å². The summed E-state index contributed by atoms with van der Waals surface area (Å²) in [5.74, 6) is 2.20. The van der Waals surface area contributed by atoms with Gasteiger partial charge in [0.2, 0.25) is 5.88 Å². The Hall–Kier alpha value is -1.52. The Morgan fingerprint density at radius 3 is 2.45 bits per heavy atom. The van der Waals surface area contributed by atoms with Crippen molar-refractivity contribution >= 4 is 29.0 Å². The van der Waals surface area contributed by atoms with Crippen molar-refractivity contribution in [3.63, 3.8) is 0 Å². The van der Waals surface area contributed by atoms with Crippen LogP contribution in [0, 0.1) is 6.92 Å². The number of hydrogen-bond donors (Lipinski definition) is 1. The van der Waals surface area contributed by atoms with E-state index in [9.17, 15) is 0 Å². The van der Waals surface area contributed by atoms with Crippen LogP contribution in [0.5, 0.6) is 11.6 Å². The van der Waals surface area contributed by atoms with E-state index in [0.29, 0.717) is 38.9 Å². The summed E-state index contributed by atoms with van der Waals surface area (Å²) in [4.78, 5) is 8.64. The SMILES string of the molecule is Cc1c(N)nc(C(C)C)nc1Oc1ccc(Cl)c(Cl)c1. The van der Waals surface area contributed by atoms with Gasteiger partial charge in [-0.3, -0.25) is 0 Å². The molecule has 106 valence electrons. The molecule has 0 bridgehead atoms. The molecule has 1 heterocycles. The van der Waals surface area contributed by atoms with Crippen molar-refractivity contribution in [2.24, 2.45) is 0 Å². The van der Waals surface area contributed by atoms with Gasteiger partial charge >= 0.3 is 0 Å². The number of aromatic nitrogens is 2. The lowest BCUT2D eigenvalue weighted by Crippen LogP contribution is -2.06. The predicted molar refractivity (Wildman–Crippen MR) is 81.8 cm³/mol. The van der Waals surface area contributed by atoms with E-state index in [4.69, 9.17) is 33.7 Å². The van der Waals surface area contributed by atoms with E-state index in [1.54, 1.807) is 18.2 Å². The van der Waals surface area contributed by atoms with E-state index >= 15 is 0 Å². The Balaban J connectivity index is 2.39. The van der Waals surface area contributed by atoms with Gasteiger partial charge in [-0.15, -0.1) is 0 Å². The Labute approximate surface area is 127 Å². The van der Waals surface area contributed by atoms with Crippen molar-refractivity contribution in [3.05, 3.63) is 39.6 Å². The van der Waals surface area contributed by atoms with Crippen molar-refractivity contribution in [2.75, 3.05) is 5.73 Å². The molecule has 0 amide bonds. The van der Waals surface area contributed by atoms with Crippen molar-refractivity contribution < 1.29 is 4.74 Å². The second-order valence-electron chi connectivity index (χ2n) is 4.73. The molecule has 4 nitrogen and oxygen atoms in total. The topological polar surface area (TPSA) is 61.0 Å². The molecule has 0 aliphatic heterocycles. The minimum absolute atomic E-state index is 0.161. The molecular weight excluding hydrogens is 297 g/mol. The van der Waals surface area contributed by atoms with Crippen LogP contribution < -0.4 is 10.5 Å². The summed E-state index contributed by atoms with van der Waals surface area (Å²) in [6.45, 7) is 5.80. The van der Waals surface area contributed by atoms with Gasteiger partial charge in [0.15, 0.2) is 0 Å². The average molecular weight is 312 g/mol. The first-order chi connectivity index (χ1) is 9.38. The molecule has 2 rings (SSSR count). The molecule has 6 heteroatoms. The first kappa shape index (κ1) is 14.9. The van der Waals surface area contributed by atoms with Gasteiger partial charge in [-0.25, -0.2) is 4.98 Å². The Kier molecular flexibility index (Phi) is 4.35. The molecule has 0 atom stereocenters. The number of halogens is 2. The first-order valence-electron chi connectivity index (χ1n) is 6.15. The maximum absolute atomic E-state index is 5.96. The maximum atomic E-state index is 5.96. The van der Waals surface area contributed by atoms with Crippen molar-refractivity contribution in [3.8, 4) is 11.6 Å². The average Bonchev–Trinajstić information content (AvgIpc) is 2.38. The molecular formula is C14H15Cl2N3O. The van der Waals surface area contributed by atoms with E-state index in [1.165, 1.54) is 0 Å². The molecule has 0 unspecified atom stereocenters. The summed E-state index contributed by atoms with van der Waals surface area (Å²) in [6, 6.07) is 5.03. The zero-order valence-electron chi connectivity index (χ0n) is 11.4. The monoisotopic (exact) mass is 311 g/mol. The third-order valence-corrected chi connectivity index (χ3v) is 3.52. The molecule has 0 spiro atoms. The van der Waals surface area contributed by atoms with E-state index in [2.05, 4.69) is 9.97 Å². The lowest BCUT2D eigenvalue weighted by atomic mass is 10.2. The Bertz CT molecular complexity index is 645. The van der Waals surface area contributed by atoms with Gasteiger partial charge < -0.3 is 10.5 Å². The summed E-state index contributed by atoms with van der Waals surface area (Å²) in [5.41, 5.74) is 6.58. The number of rotatable bonds is 3. The number of anilines is 1. The molecule has 0 radical (unpaired) electrons. The van der Waals surface area contributed by atoms with Crippen LogP contribution >= 0.6 is 23.2 Å². The Morgan fingerprint density at radius 2 is 1.85 bits per heavy atom. The lowest BCUT2D eigenvalue weighted by Gasteiger charge is -2.12. The van der Waals surface area contributed by atoms with Crippen molar-refractivity contribution in [1.82, 2.24) is 9.97 Å². The zero-order chi connectivity index (χ0) is 14.9. The van der Waals surface area contributed by atoms with Crippen LogP contribution in [0.2, 0.25) is 10.0 Å². The molecule has 1 aromatic heterocycles. The quantitative estimate of drug-likeness (QED) is 0.900. The van der Waals surface area contributed by atoms with Gasteiger partial charge in [-0.1, -0.05) is 37.0 Å². The highest BCUT2D eigenvalue weighted by molar-refractivity contribution is 6.42. The molecule has 0 saturated carbocycles. The summed E-state index contributed by atoms with van der Waals surface area (Å²) in [7, 11) is 0. The molecule has 2 aromatic rings. The van der Waals surface area contributed by atoms with Crippen LogP contribution in [0.15, 0.2) is 18.2 Å². The molecule has 0 aliphatic carbocycles. The Morgan fingerprint density at radius 1 is 1.15 bits per heavy atom. The highest BCUT2D eigenvalue weighted by Crippen LogP contribution is 2.31. The molecule has 2 N–H and O–H groups in total. The fraction of sp³-hybridized carbons (Fsp3) is 0.286. The van der Waals surface area contributed by atoms with Gasteiger partial charge in [0.05, 0.1) is 15.6 Å². The third kappa shape index (κ3) is 3.14. The van der Waals surface area contributed by atoms with Gasteiger partial charge in [0.1, 0.15) is 17.4 Å². The first-order valence-corrected chi connectivity index (χ1v) is 6.91. The second-order valence-corrected chi connectivity index (χ2v) is 5.54. The standard InChI is InChI=1S/C14H15Cl2N3O/c1-7(2)13-18-12(17)8(3)14(19-13)20-9-4-5-10(15)11(16)6-9/h4-7H,1-3H3,(H2,17,18,19). The van der Waals surface area contributed by atoms with Gasteiger partial charge in [0, 0.05) is 12.0 Å². The number of hydrogen-bond acceptors (Lipinski definition) is 4. The van der Waals surface area contributed by atoms with Crippen molar-refractivity contribution in [1.29, 1.82) is 0 Å². The number of nitrogens with two attached hydrogens (primary N) is 1. The highest BCUT2D eigenvalue weighted by atomic mass is 35.5. The summed E-state index contributed by atoms with van der Waals surface area (Å²) in [6.07, 6.45) is 0. The van der Waals surface area contributed by atoms with Crippen LogP contribution in [0.4, 0.5) is 5.82 Å². The lowest BCUT2D eigenvalue weighted by molar-refractivity contribution is 0.453. The van der Waals surface area contributed by atoms with E-state index < -0.39 is 0 Å². The fourth-order valence-electron chi connectivity index (χ4n) is 1.54. The zero-order valence-corrected chi connectivity index (χ0v) is 13.0. The number of ether oxygens (including phenoxy) is 1. The fourth-order valence-corrected chi connectivity index (χ4v) is 1.83. The second kappa shape index (κ2) is 5.85. The van der Waals surface area contributed by atoms with Gasteiger partial charge in [0.25, 0.3) is 0 Å². The normalized spacial score (nSPS) is 10.9. The highest BCUT2D eigenvalue weighted by Gasteiger charge is 2.13. The van der Waals surface area contributed by atoms with Gasteiger partial charge in [-0.2, -0.15) is 4.98 Å². The maximum Gasteiger partial charge on any atom is 0.227 e. The molecule has 0 saturated heterocycles. The molecule has 0 aliphatic rings. The van der Waals surface area contributed by atoms with E-state index in [-0.39, 0.29) is 5.92 Å². The van der Waals surface area contributed by atoms with Crippen LogP contribution in [-0.2, 0) is 0 Å². The molecule has 20 heavy (non-hydrogen) atoms. The summed E-state index contributed by atoms with van der Waals surface area (Å²) < 4.78 is 5.74.